The minimum absolute atomic E-state index is 0.0464. The molecule has 4 nitrogen and oxygen atoms in total. The summed E-state index contributed by atoms with van der Waals surface area (Å²) in [5.74, 6) is 0.685. The van der Waals surface area contributed by atoms with Crippen molar-refractivity contribution >= 4 is 28.9 Å². The molecule has 0 spiro atoms. The first kappa shape index (κ1) is 21.9. The summed E-state index contributed by atoms with van der Waals surface area (Å²) in [6.07, 6.45) is 6.68. The fourth-order valence-electron chi connectivity index (χ4n) is 2.85. The maximum Gasteiger partial charge on any atom is 0.226 e. The molecular formula is C23H30N2O2S. The molecule has 0 aliphatic rings. The monoisotopic (exact) mass is 398 g/mol. The zero-order valence-corrected chi connectivity index (χ0v) is 17.4. The van der Waals surface area contributed by atoms with Crippen LogP contribution in [-0.2, 0) is 11.2 Å². The number of aryl methyl sites for hydroxylation is 1. The number of para-hydroxylation sites is 2. The molecule has 0 fully saturated rings. The summed E-state index contributed by atoms with van der Waals surface area (Å²) in [5, 5.41) is 6.13. The third-order valence-corrected chi connectivity index (χ3v) is 4.56. The number of carbonyl (C=O) groups is 1. The van der Waals surface area contributed by atoms with Crippen LogP contribution in [0.1, 0.15) is 51.0 Å². The number of thiocarbonyl (C=S) groups is 1. The normalized spacial score (nSPS) is 10.3. The molecule has 1 amide bonds. The van der Waals surface area contributed by atoms with Crippen LogP contribution >= 0.6 is 12.2 Å². The summed E-state index contributed by atoms with van der Waals surface area (Å²) >= 11 is 5.27. The summed E-state index contributed by atoms with van der Waals surface area (Å²) in [5.41, 5.74) is 2.07. The minimum Gasteiger partial charge on any atom is -0.491 e. The molecule has 0 saturated carbocycles. The Kier molecular flexibility index (Phi) is 10.1. The van der Waals surface area contributed by atoms with Gasteiger partial charge < -0.3 is 15.4 Å². The average molecular weight is 399 g/mol. The fraction of sp³-hybridized carbons (Fsp3) is 0.391. The summed E-state index contributed by atoms with van der Waals surface area (Å²) in [7, 11) is 0. The van der Waals surface area contributed by atoms with Crippen molar-refractivity contribution in [3.05, 3.63) is 60.2 Å². The molecule has 0 bridgehead atoms. The van der Waals surface area contributed by atoms with Crippen LogP contribution < -0.4 is 15.4 Å². The Balaban J connectivity index is 1.75. The topological polar surface area (TPSA) is 50.4 Å². The highest BCUT2D eigenvalue weighted by molar-refractivity contribution is 7.80. The van der Waals surface area contributed by atoms with E-state index in [1.807, 2.05) is 30.3 Å². The summed E-state index contributed by atoms with van der Waals surface area (Å²) in [4.78, 5) is 12.0. The largest absolute Gasteiger partial charge is 0.491 e. The SMILES string of the molecule is CCCCCCC(=O)NC(=S)Nc1ccccc1OCCCc1ccccc1. The van der Waals surface area contributed by atoms with Gasteiger partial charge in [0.1, 0.15) is 5.75 Å². The molecule has 2 aromatic carbocycles. The molecular weight excluding hydrogens is 368 g/mol. The Morgan fingerprint density at radius 1 is 0.964 bits per heavy atom. The van der Waals surface area contributed by atoms with Gasteiger partial charge in [0.15, 0.2) is 5.11 Å². The number of anilines is 1. The van der Waals surface area contributed by atoms with Crippen LogP contribution in [0.15, 0.2) is 54.6 Å². The lowest BCUT2D eigenvalue weighted by Gasteiger charge is -2.14. The third-order valence-electron chi connectivity index (χ3n) is 4.36. The Bertz CT molecular complexity index is 734. The van der Waals surface area contributed by atoms with Crippen molar-refractivity contribution in [1.82, 2.24) is 5.32 Å². The summed E-state index contributed by atoms with van der Waals surface area (Å²) in [6, 6.07) is 18.0. The number of carbonyl (C=O) groups excluding carboxylic acids is 1. The van der Waals surface area contributed by atoms with Crippen LogP contribution in [-0.4, -0.2) is 17.6 Å². The highest BCUT2D eigenvalue weighted by Gasteiger charge is 2.08. The van der Waals surface area contributed by atoms with Crippen molar-refractivity contribution in [3.8, 4) is 5.75 Å². The van der Waals surface area contributed by atoms with Gasteiger partial charge in [0, 0.05) is 6.42 Å². The van der Waals surface area contributed by atoms with Crippen LogP contribution in [0.2, 0.25) is 0 Å². The Morgan fingerprint density at radius 3 is 2.50 bits per heavy atom. The van der Waals surface area contributed by atoms with E-state index < -0.39 is 0 Å². The minimum atomic E-state index is -0.0464. The average Bonchev–Trinajstić information content (AvgIpc) is 2.70. The quantitative estimate of drug-likeness (QED) is 0.389. The molecule has 28 heavy (non-hydrogen) atoms. The molecule has 2 rings (SSSR count). The Hall–Kier alpha value is -2.40. The molecule has 0 radical (unpaired) electrons. The lowest BCUT2D eigenvalue weighted by Crippen LogP contribution is -2.34. The van der Waals surface area contributed by atoms with E-state index in [1.165, 1.54) is 5.56 Å². The number of hydrogen-bond acceptors (Lipinski definition) is 3. The van der Waals surface area contributed by atoms with Crippen LogP contribution in [0.4, 0.5) is 5.69 Å². The molecule has 5 heteroatoms. The Morgan fingerprint density at radius 2 is 1.71 bits per heavy atom. The first-order chi connectivity index (χ1) is 13.7. The van der Waals surface area contributed by atoms with Crippen molar-refractivity contribution in [2.24, 2.45) is 0 Å². The van der Waals surface area contributed by atoms with E-state index in [-0.39, 0.29) is 5.91 Å². The van der Waals surface area contributed by atoms with Crippen LogP contribution in [0.25, 0.3) is 0 Å². The van der Waals surface area contributed by atoms with E-state index >= 15 is 0 Å². The zero-order chi connectivity index (χ0) is 20.0. The van der Waals surface area contributed by atoms with E-state index in [0.29, 0.717) is 18.1 Å². The number of benzene rings is 2. The van der Waals surface area contributed by atoms with E-state index in [2.05, 4.69) is 41.8 Å². The lowest BCUT2D eigenvalue weighted by atomic mass is 10.1. The fourth-order valence-corrected chi connectivity index (χ4v) is 3.08. The molecule has 0 aliphatic carbocycles. The second kappa shape index (κ2) is 12.9. The number of amides is 1. The predicted octanol–water partition coefficient (Wildman–Crippen LogP) is 5.48. The predicted molar refractivity (Wildman–Crippen MR) is 120 cm³/mol. The summed E-state index contributed by atoms with van der Waals surface area (Å²) in [6.45, 7) is 2.77. The highest BCUT2D eigenvalue weighted by Crippen LogP contribution is 2.24. The van der Waals surface area contributed by atoms with Crippen molar-refractivity contribution in [2.45, 2.75) is 51.9 Å². The first-order valence-electron chi connectivity index (χ1n) is 10.1. The van der Waals surface area contributed by atoms with E-state index in [4.69, 9.17) is 17.0 Å². The second-order valence-electron chi connectivity index (χ2n) is 6.75. The smallest absolute Gasteiger partial charge is 0.226 e. The molecule has 2 aromatic rings. The number of hydrogen-bond donors (Lipinski definition) is 2. The standard InChI is InChI=1S/C23H30N2O2S/c1-2-3-4-8-17-22(26)25-23(28)24-20-15-9-10-16-21(20)27-18-11-14-19-12-6-5-7-13-19/h5-7,9-10,12-13,15-16H,2-4,8,11,14,17-18H2,1H3,(H2,24,25,26,28). The molecule has 0 saturated heterocycles. The van der Waals surface area contributed by atoms with Crippen LogP contribution in [0, 0.1) is 0 Å². The summed E-state index contributed by atoms with van der Waals surface area (Å²) < 4.78 is 5.92. The number of ether oxygens (including phenoxy) is 1. The van der Waals surface area contributed by atoms with E-state index in [1.54, 1.807) is 0 Å². The van der Waals surface area contributed by atoms with Gasteiger partial charge in [0.2, 0.25) is 5.91 Å². The van der Waals surface area contributed by atoms with Gasteiger partial charge in [0.05, 0.1) is 12.3 Å². The van der Waals surface area contributed by atoms with Gasteiger partial charge in [0.25, 0.3) is 0 Å². The maximum atomic E-state index is 12.0. The maximum absolute atomic E-state index is 12.0. The first-order valence-corrected chi connectivity index (χ1v) is 10.5. The number of nitrogens with one attached hydrogen (secondary N) is 2. The second-order valence-corrected chi connectivity index (χ2v) is 7.15. The van der Waals surface area contributed by atoms with Crippen molar-refractivity contribution in [3.63, 3.8) is 0 Å². The molecule has 0 aliphatic heterocycles. The van der Waals surface area contributed by atoms with Crippen LogP contribution in [0.5, 0.6) is 5.75 Å². The zero-order valence-electron chi connectivity index (χ0n) is 16.6. The third kappa shape index (κ3) is 8.53. The van der Waals surface area contributed by atoms with E-state index in [9.17, 15) is 4.79 Å². The van der Waals surface area contributed by atoms with Gasteiger partial charge in [-0.2, -0.15) is 0 Å². The van der Waals surface area contributed by atoms with Crippen molar-refractivity contribution in [2.75, 3.05) is 11.9 Å². The van der Waals surface area contributed by atoms with Gasteiger partial charge in [-0.3, -0.25) is 4.79 Å². The van der Waals surface area contributed by atoms with Gasteiger partial charge in [-0.25, -0.2) is 0 Å². The van der Waals surface area contributed by atoms with Gasteiger partial charge in [-0.05, 0) is 49.2 Å². The molecule has 150 valence electrons. The molecule has 0 atom stereocenters. The van der Waals surface area contributed by atoms with Gasteiger partial charge in [-0.15, -0.1) is 0 Å². The highest BCUT2D eigenvalue weighted by atomic mass is 32.1. The van der Waals surface area contributed by atoms with Crippen molar-refractivity contribution in [1.29, 1.82) is 0 Å². The van der Waals surface area contributed by atoms with E-state index in [0.717, 1.165) is 50.0 Å². The molecule has 0 aromatic heterocycles. The number of rotatable bonds is 11. The molecule has 0 unspecified atom stereocenters. The molecule has 2 N–H and O–H groups in total. The number of unbranched alkanes of at least 4 members (excludes halogenated alkanes) is 3. The lowest BCUT2D eigenvalue weighted by molar-refractivity contribution is -0.119. The van der Waals surface area contributed by atoms with Crippen molar-refractivity contribution < 1.29 is 9.53 Å². The van der Waals surface area contributed by atoms with Gasteiger partial charge >= 0.3 is 0 Å². The van der Waals surface area contributed by atoms with Crippen LogP contribution in [0.3, 0.4) is 0 Å². The van der Waals surface area contributed by atoms with Gasteiger partial charge in [-0.1, -0.05) is 68.7 Å². The Labute approximate surface area is 173 Å². The molecule has 0 heterocycles.